The maximum atomic E-state index is 13.1. The van der Waals surface area contributed by atoms with Crippen LogP contribution in [-0.4, -0.2) is 22.9 Å². The molecular weight excluding hydrogens is 400 g/mol. The van der Waals surface area contributed by atoms with Crippen molar-refractivity contribution in [2.75, 3.05) is 0 Å². The molecule has 0 fully saturated rings. The monoisotopic (exact) mass is 422 g/mol. The van der Waals surface area contributed by atoms with E-state index in [4.69, 9.17) is 16.3 Å². The summed E-state index contributed by atoms with van der Waals surface area (Å²) in [4.78, 5) is 27.7. The van der Waals surface area contributed by atoms with E-state index in [0.29, 0.717) is 21.9 Å². The summed E-state index contributed by atoms with van der Waals surface area (Å²) >= 11 is 6.40. The highest BCUT2D eigenvalue weighted by atomic mass is 35.5. The highest BCUT2D eigenvalue weighted by Crippen LogP contribution is 2.40. The molecule has 0 bridgehead atoms. The van der Waals surface area contributed by atoms with E-state index in [9.17, 15) is 14.9 Å². The van der Waals surface area contributed by atoms with Gasteiger partial charge in [-0.15, -0.1) is 0 Å². The minimum atomic E-state index is -0.486. The average molecular weight is 423 g/mol. The maximum absolute atomic E-state index is 13.1. The Bertz CT molecular complexity index is 1050. The van der Waals surface area contributed by atoms with Gasteiger partial charge in [0.2, 0.25) is 5.91 Å². The molecule has 6 heteroatoms. The van der Waals surface area contributed by atoms with Gasteiger partial charge in [0.1, 0.15) is 0 Å². The Kier molecular flexibility index (Phi) is 6.59. The number of hydrogen-bond donors (Lipinski definition) is 0. The van der Waals surface area contributed by atoms with Crippen LogP contribution in [0.3, 0.4) is 0 Å². The van der Waals surface area contributed by atoms with Crippen molar-refractivity contribution in [2.24, 2.45) is 0 Å². The van der Waals surface area contributed by atoms with E-state index in [-0.39, 0.29) is 25.0 Å². The minimum absolute atomic E-state index is 0.0956. The van der Waals surface area contributed by atoms with Crippen LogP contribution in [0.2, 0.25) is 5.02 Å². The van der Waals surface area contributed by atoms with Crippen molar-refractivity contribution in [1.29, 1.82) is 5.26 Å². The number of amides is 1. The molecule has 154 valence electrons. The summed E-state index contributed by atoms with van der Waals surface area (Å²) in [5.74, 6) is -1.08. The Hall–Kier alpha value is -3.10. The summed E-state index contributed by atoms with van der Waals surface area (Å²) in [6, 6.07) is 16.5. The zero-order chi connectivity index (χ0) is 21.8. The first-order chi connectivity index (χ1) is 14.3. The number of rotatable bonds is 5. The number of halogens is 1. The van der Waals surface area contributed by atoms with Crippen LogP contribution < -0.4 is 0 Å². The number of benzene rings is 2. The fourth-order valence-corrected chi connectivity index (χ4v) is 3.97. The predicted molar refractivity (Wildman–Crippen MR) is 114 cm³/mol. The van der Waals surface area contributed by atoms with E-state index in [0.717, 1.165) is 11.1 Å². The van der Waals surface area contributed by atoms with Gasteiger partial charge in [-0.1, -0.05) is 48.0 Å². The first kappa shape index (κ1) is 21.6. The number of ether oxygens (including phenoxy) is 1. The SMILES string of the molecule is CC1=C(C(=O)OC(C)C)[C@@H](c2ccccc2Cl)CC(=O)N1Cc1ccccc1C#N. The zero-order valence-corrected chi connectivity index (χ0v) is 17.9. The van der Waals surface area contributed by atoms with Crippen LogP contribution in [0, 0.1) is 11.3 Å². The van der Waals surface area contributed by atoms with Crippen LogP contribution in [0.1, 0.15) is 49.8 Å². The zero-order valence-electron chi connectivity index (χ0n) is 17.2. The van der Waals surface area contributed by atoms with Gasteiger partial charge in [0.15, 0.2) is 0 Å². The van der Waals surface area contributed by atoms with Crippen molar-refractivity contribution in [3.8, 4) is 6.07 Å². The molecule has 0 aromatic heterocycles. The summed E-state index contributed by atoms with van der Waals surface area (Å²) in [6.45, 7) is 5.52. The number of hydrogen-bond acceptors (Lipinski definition) is 4. The number of carbonyl (C=O) groups excluding carboxylic acids is 2. The van der Waals surface area contributed by atoms with Gasteiger partial charge in [0.25, 0.3) is 0 Å². The molecule has 3 rings (SSSR count). The summed E-state index contributed by atoms with van der Waals surface area (Å²) in [5, 5.41) is 9.89. The highest BCUT2D eigenvalue weighted by molar-refractivity contribution is 6.31. The van der Waals surface area contributed by atoms with Crippen molar-refractivity contribution in [1.82, 2.24) is 4.90 Å². The lowest BCUT2D eigenvalue weighted by atomic mass is 9.83. The topological polar surface area (TPSA) is 70.4 Å². The molecule has 30 heavy (non-hydrogen) atoms. The molecule has 0 saturated heterocycles. The van der Waals surface area contributed by atoms with E-state index < -0.39 is 11.9 Å². The summed E-state index contributed by atoms with van der Waals surface area (Å²) in [5.41, 5.74) is 2.89. The van der Waals surface area contributed by atoms with Crippen molar-refractivity contribution in [3.63, 3.8) is 0 Å². The third kappa shape index (κ3) is 4.39. The van der Waals surface area contributed by atoms with E-state index in [1.54, 1.807) is 43.9 Å². The lowest BCUT2D eigenvalue weighted by molar-refractivity contribution is -0.143. The molecular formula is C24H23ClN2O3. The molecule has 1 heterocycles. The van der Waals surface area contributed by atoms with E-state index in [1.807, 2.05) is 30.3 Å². The third-order valence-electron chi connectivity index (χ3n) is 5.13. The van der Waals surface area contributed by atoms with Crippen molar-refractivity contribution < 1.29 is 14.3 Å². The van der Waals surface area contributed by atoms with Gasteiger partial charge in [-0.05, 0) is 44.0 Å². The quantitative estimate of drug-likeness (QED) is 0.639. The summed E-state index contributed by atoms with van der Waals surface area (Å²) in [7, 11) is 0. The summed E-state index contributed by atoms with van der Waals surface area (Å²) < 4.78 is 5.50. The molecule has 0 spiro atoms. The first-order valence-corrected chi connectivity index (χ1v) is 10.2. The third-order valence-corrected chi connectivity index (χ3v) is 5.48. The van der Waals surface area contributed by atoms with Gasteiger partial charge in [0, 0.05) is 23.1 Å². The Morgan fingerprint density at radius 2 is 1.90 bits per heavy atom. The molecule has 1 aliphatic rings. The number of carbonyl (C=O) groups is 2. The second-order valence-corrected chi connectivity index (χ2v) is 7.89. The molecule has 1 amide bonds. The molecule has 2 aromatic rings. The van der Waals surface area contributed by atoms with Crippen LogP contribution in [-0.2, 0) is 20.9 Å². The van der Waals surface area contributed by atoms with Crippen LogP contribution in [0.15, 0.2) is 59.8 Å². The van der Waals surface area contributed by atoms with Gasteiger partial charge >= 0.3 is 5.97 Å². The molecule has 0 unspecified atom stereocenters. The normalized spacial score (nSPS) is 16.6. The second-order valence-electron chi connectivity index (χ2n) is 7.48. The van der Waals surface area contributed by atoms with Crippen molar-refractivity contribution in [2.45, 2.75) is 45.8 Å². The Morgan fingerprint density at radius 3 is 2.57 bits per heavy atom. The largest absolute Gasteiger partial charge is 0.460 e. The molecule has 2 aromatic carbocycles. The maximum Gasteiger partial charge on any atom is 0.336 e. The Labute approximate surface area is 181 Å². The Morgan fingerprint density at radius 1 is 1.23 bits per heavy atom. The summed E-state index contributed by atoms with van der Waals surface area (Å²) in [6.07, 6.45) is -0.201. The number of allylic oxidation sites excluding steroid dienone is 1. The number of nitrogens with zero attached hydrogens (tertiary/aromatic N) is 2. The molecule has 0 aliphatic carbocycles. The van der Waals surface area contributed by atoms with E-state index in [1.165, 1.54) is 0 Å². The van der Waals surface area contributed by atoms with Gasteiger partial charge in [-0.25, -0.2) is 4.79 Å². The predicted octanol–water partition coefficient (Wildman–Crippen LogP) is 4.95. The van der Waals surface area contributed by atoms with Gasteiger partial charge < -0.3 is 9.64 Å². The lowest BCUT2D eigenvalue weighted by Crippen LogP contribution is -2.38. The van der Waals surface area contributed by atoms with Gasteiger partial charge in [0.05, 0.1) is 29.9 Å². The Balaban J connectivity index is 2.09. The van der Waals surface area contributed by atoms with Crippen molar-refractivity contribution in [3.05, 3.63) is 81.5 Å². The van der Waals surface area contributed by atoms with E-state index >= 15 is 0 Å². The second kappa shape index (κ2) is 9.15. The fourth-order valence-electron chi connectivity index (χ4n) is 3.71. The first-order valence-electron chi connectivity index (χ1n) is 9.78. The molecule has 1 atom stereocenters. The minimum Gasteiger partial charge on any atom is -0.460 e. The molecule has 0 N–H and O–H groups in total. The fraction of sp³-hybridized carbons (Fsp3) is 0.292. The van der Waals surface area contributed by atoms with Crippen LogP contribution in [0.4, 0.5) is 0 Å². The average Bonchev–Trinajstić information content (AvgIpc) is 2.70. The number of esters is 1. The smallest absolute Gasteiger partial charge is 0.336 e. The molecule has 0 saturated carbocycles. The lowest BCUT2D eigenvalue weighted by Gasteiger charge is -2.35. The van der Waals surface area contributed by atoms with Gasteiger partial charge in [-0.2, -0.15) is 5.26 Å². The molecule has 5 nitrogen and oxygen atoms in total. The van der Waals surface area contributed by atoms with Gasteiger partial charge in [-0.3, -0.25) is 4.79 Å². The van der Waals surface area contributed by atoms with Crippen LogP contribution >= 0.6 is 11.6 Å². The van der Waals surface area contributed by atoms with Crippen LogP contribution in [0.5, 0.6) is 0 Å². The standard InChI is InChI=1S/C24H23ClN2O3/c1-15(2)30-24(29)23-16(3)27(14-18-9-5-4-8-17(18)13-26)22(28)12-20(23)19-10-6-7-11-21(19)25/h4-11,15,20H,12,14H2,1-3H3/t20-/m1/s1. The number of nitriles is 1. The molecule has 1 aliphatic heterocycles. The highest BCUT2D eigenvalue weighted by Gasteiger charge is 2.38. The van der Waals surface area contributed by atoms with Crippen molar-refractivity contribution >= 4 is 23.5 Å². The van der Waals surface area contributed by atoms with Crippen LogP contribution in [0.25, 0.3) is 0 Å². The molecule has 0 radical (unpaired) electrons. The van der Waals surface area contributed by atoms with E-state index in [2.05, 4.69) is 6.07 Å².